The van der Waals surface area contributed by atoms with E-state index in [9.17, 15) is 8.42 Å². The van der Waals surface area contributed by atoms with Crippen molar-refractivity contribution in [3.63, 3.8) is 0 Å². The Bertz CT molecular complexity index is 679. The molecule has 0 amide bonds. The maximum Gasteiger partial charge on any atom is 0.260 e. The smallest absolute Gasteiger partial charge is 0.260 e. The Balaban J connectivity index is 2.06. The zero-order valence-electron chi connectivity index (χ0n) is 11.7. The number of aromatic amines is 1. The number of nitrogens with one attached hydrogen (secondary N) is 1. The second-order valence-corrected chi connectivity index (χ2v) is 6.43. The first kappa shape index (κ1) is 15.3. The number of nitrogens with zero attached hydrogens (tertiary/aromatic N) is 2. The van der Waals surface area contributed by atoms with Crippen molar-refractivity contribution in [2.24, 2.45) is 0 Å². The van der Waals surface area contributed by atoms with Crippen molar-refractivity contribution in [3.8, 4) is 5.75 Å². The second kappa shape index (κ2) is 6.55. The first-order valence-corrected chi connectivity index (χ1v) is 7.75. The van der Waals surface area contributed by atoms with E-state index in [1.54, 1.807) is 18.2 Å². The Morgan fingerprint density at radius 2 is 2.10 bits per heavy atom. The van der Waals surface area contributed by atoms with E-state index in [0.717, 1.165) is 11.3 Å². The fraction of sp³-hybridized carbons (Fsp3) is 0.214. The van der Waals surface area contributed by atoms with E-state index in [1.165, 1.54) is 23.9 Å². The predicted octanol–water partition coefficient (Wildman–Crippen LogP) is 1.80. The summed E-state index contributed by atoms with van der Waals surface area (Å²) in [5, 5.41) is 0.0796. The van der Waals surface area contributed by atoms with E-state index >= 15 is 0 Å². The van der Waals surface area contributed by atoms with Crippen LogP contribution in [-0.2, 0) is 16.6 Å². The van der Waals surface area contributed by atoms with Crippen molar-refractivity contribution in [1.29, 1.82) is 0 Å². The van der Waals surface area contributed by atoms with E-state index < -0.39 is 10.0 Å². The van der Waals surface area contributed by atoms with Gasteiger partial charge in [0, 0.05) is 13.6 Å². The summed E-state index contributed by atoms with van der Waals surface area (Å²) in [5.74, 6) is 0.720. The number of sulfonamides is 1. The molecule has 6 nitrogen and oxygen atoms in total. The van der Waals surface area contributed by atoms with Gasteiger partial charge in [0.25, 0.3) is 10.0 Å². The number of ether oxygens (including phenoxy) is 1. The van der Waals surface area contributed by atoms with Gasteiger partial charge in [0.15, 0.2) is 5.03 Å². The van der Waals surface area contributed by atoms with Crippen LogP contribution in [0.4, 0.5) is 0 Å². The minimum Gasteiger partial charge on any atom is -0.490 e. The first-order valence-electron chi connectivity index (χ1n) is 6.31. The highest BCUT2D eigenvalue weighted by Gasteiger charge is 2.22. The van der Waals surface area contributed by atoms with Gasteiger partial charge < -0.3 is 9.72 Å². The molecule has 0 aliphatic carbocycles. The molecule has 0 bridgehead atoms. The molecule has 7 heteroatoms. The van der Waals surface area contributed by atoms with Gasteiger partial charge in [-0.15, -0.1) is 0 Å². The summed E-state index contributed by atoms with van der Waals surface area (Å²) in [5.41, 5.74) is 0.867. The molecule has 0 fully saturated rings. The van der Waals surface area contributed by atoms with Gasteiger partial charge in [-0.2, -0.15) is 4.31 Å². The molecule has 1 aromatic heterocycles. The van der Waals surface area contributed by atoms with Gasteiger partial charge in [0.2, 0.25) is 0 Å². The largest absolute Gasteiger partial charge is 0.490 e. The van der Waals surface area contributed by atoms with Crippen LogP contribution in [0.2, 0.25) is 0 Å². The SMILES string of the molecule is C=CCOc1ccc(CN(C)S(=O)(=O)c2cnc[nH]2)cc1. The molecule has 0 spiro atoms. The lowest BCUT2D eigenvalue weighted by Crippen LogP contribution is -2.26. The number of hydrogen-bond donors (Lipinski definition) is 1. The van der Waals surface area contributed by atoms with Crippen LogP contribution in [0.1, 0.15) is 5.56 Å². The summed E-state index contributed by atoms with van der Waals surface area (Å²) in [6.07, 6.45) is 4.29. The topological polar surface area (TPSA) is 75.3 Å². The Morgan fingerprint density at radius 1 is 1.38 bits per heavy atom. The minimum absolute atomic E-state index is 0.0796. The number of hydrogen-bond acceptors (Lipinski definition) is 4. The molecule has 112 valence electrons. The molecule has 0 unspecified atom stereocenters. The van der Waals surface area contributed by atoms with Crippen LogP contribution in [0.25, 0.3) is 0 Å². The van der Waals surface area contributed by atoms with E-state index in [0.29, 0.717) is 6.61 Å². The lowest BCUT2D eigenvalue weighted by atomic mass is 10.2. The summed E-state index contributed by atoms with van der Waals surface area (Å²) < 4.78 is 31.1. The lowest BCUT2D eigenvalue weighted by molar-refractivity contribution is 0.363. The summed E-state index contributed by atoms with van der Waals surface area (Å²) in [6.45, 7) is 4.28. The average molecular weight is 307 g/mol. The molecule has 2 aromatic rings. The fourth-order valence-electron chi connectivity index (χ4n) is 1.74. The Labute approximate surface area is 124 Å². The van der Waals surface area contributed by atoms with Gasteiger partial charge in [-0.1, -0.05) is 24.8 Å². The molecule has 21 heavy (non-hydrogen) atoms. The number of benzene rings is 1. The molecular weight excluding hydrogens is 290 g/mol. The molecule has 0 saturated heterocycles. The minimum atomic E-state index is -3.55. The van der Waals surface area contributed by atoms with Crippen LogP contribution in [0.15, 0.2) is 54.5 Å². The van der Waals surface area contributed by atoms with E-state index in [-0.39, 0.29) is 11.6 Å². The van der Waals surface area contributed by atoms with Crippen molar-refractivity contribution in [1.82, 2.24) is 14.3 Å². The second-order valence-electron chi connectivity index (χ2n) is 4.42. The third kappa shape index (κ3) is 3.71. The summed E-state index contributed by atoms with van der Waals surface area (Å²) in [4.78, 5) is 6.34. The summed E-state index contributed by atoms with van der Waals surface area (Å²) in [7, 11) is -2.02. The summed E-state index contributed by atoms with van der Waals surface area (Å²) >= 11 is 0. The van der Waals surface area contributed by atoms with Crippen molar-refractivity contribution >= 4 is 10.0 Å². The van der Waals surface area contributed by atoms with Crippen LogP contribution in [0.3, 0.4) is 0 Å². The van der Waals surface area contributed by atoms with Gasteiger partial charge in [0.1, 0.15) is 12.4 Å². The van der Waals surface area contributed by atoms with Gasteiger partial charge >= 0.3 is 0 Å². The van der Waals surface area contributed by atoms with Crippen molar-refractivity contribution in [2.45, 2.75) is 11.6 Å². The first-order chi connectivity index (χ1) is 10.0. The van der Waals surface area contributed by atoms with Gasteiger partial charge in [-0.25, -0.2) is 13.4 Å². The lowest BCUT2D eigenvalue weighted by Gasteiger charge is -2.16. The van der Waals surface area contributed by atoms with Crippen molar-refractivity contribution in [3.05, 3.63) is 55.0 Å². The Morgan fingerprint density at radius 3 is 2.67 bits per heavy atom. The molecule has 2 rings (SSSR count). The zero-order chi connectivity index (χ0) is 15.3. The molecule has 1 aromatic carbocycles. The highest BCUT2D eigenvalue weighted by molar-refractivity contribution is 7.89. The normalized spacial score (nSPS) is 11.5. The summed E-state index contributed by atoms with van der Waals surface area (Å²) in [6, 6.07) is 7.26. The number of imidazole rings is 1. The molecule has 0 aliphatic rings. The zero-order valence-corrected chi connectivity index (χ0v) is 12.5. The van der Waals surface area contributed by atoms with Crippen molar-refractivity contribution < 1.29 is 13.2 Å². The van der Waals surface area contributed by atoms with Crippen LogP contribution in [-0.4, -0.2) is 36.3 Å². The number of rotatable bonds is 7. The molecule has 0 atom stereocenters. The number of H-pyrrole nitrogens is 1. The highest BCUT2D eigenvalue weighted by atomic mass is 32.2. The molecule has 0 saturated carbocycles. The maximum absolute atomic E-state index is 12.2. The average Bonchev–Trinajstić information content (AvgIpc) is 3.01. The van der Waals surface area contributed by atoms with Crippen LogP contribution in [0, 0.1) is 0 Å². The molecule has 0 radical (unpaired) electrons. The molecule has 0 aliphatic heterocycles. The van der Waals surface area contributed by atoms with E-state index in [4.69, 9.17) is 4.74 Å². The monoisotopic (exact) mass is 307 g/mol. The Hall–Kier alpha value is -2.12. The van der Waals surface area contributed by atoms with Crippen molar-refractivity contribution in [2.75, 3.05) is 13.7 Å². The maximum atomic E-state index is 12.2. The van der Waals surface area contributed by atoms with Crippen LogP contribution < -0.4 is 4.74 Å². The molecule has 1 heterocycles. The third-order valence-corrected chi connectivity index (χ3v) is 4.59. The highest BCUT2D eigenvalue weighted by Crippen LogP contribution is 2.17. The molecular formula is C14H17N3O3S. The van der Waals surface area contributed by atoms with E-state index in [1.807, 2.05) is 12.1 Å². The van der Waals surface area contributed by atoms with Gasteiger partial charge in [-0.3, -0.25) is 0 Å². The fourth-order valence-corrected chi connectivity index (χ4v) is 2.79. The van der Waals surface area contributed by atoms with Crippen LogP contribution in [0.5, 0.6) is 5.75 Å². The predicted molar refractivity (Wildman–Crippen MR) is 79.4 cm³/mol. The quantitative estimate of drug-likeness (QED) is 0.791. The van der Waals surface area contributed by atoms with E-state index in [2.05, 4.69) is 16.5 Å². The third-order valence-electron chi connectivity index (χ3n) is 2.86. The van der Waals surface area contributed by atoms with Gasteiger partial charge in [-0.05, 0) is 17.7 Å². The van der Waals surface area contributed by atoms with Gasteiger partial charge in [0.05, 0.1) is 12.5 Å². The standard InChI is InChI=1S/C14H17N3O3S/c1-3-8-20-13-6-4-12(5-7-13)10-17(2)21(18,19)14-9-15-11-16-14/h3-7,9,11H,1,8,10H2,2H3,(H,15,16). The van der Waals surface area contributed by atoms with Crippen LogP contribution >= 0.6 is 0 Å². The Kier molecular flexibility index (Phi) is 4.77. The number of aromatic nitrogens is 2. The molecule has 1 N–H and O–H groups in total.